The summed E-state index contributed by atoms with van der Waals surface area (Å²) in [5.74, 6) is 6.09. The van der Waals surface area contributed by atoms with Crippen molar-refractivity contribution >= 4 is 5.97 Å². The van der Waals surface area contributed by atoms with Gasteiger partial charge in [-0.15, -0.1) is 11.8 Å². The summed E-state index contributed by atoms with van der Waals surface area (Å²) in [6.45, 7) is 2.35. The Hall–Kier alpha value is -1.95. The van der Waals surface area contributed by atoms with Crippen molar-refractivity contribution in [1.29, 1.82) is 0 Å². The number of methoxy groups -OCH3 is 1. The molecule has 0 fully saturated rings. The SMILES string of the molecule is CC#CCCOc1ccc(C(=O)OC)cc1. The zero-order valence-electron chi connectivity index (χ0n) is 9.45. The molecule has 16 heavy (non-hydrogen) atoms. The second kappa shape index (κ2) is 6.52. The molecule has 0 amide bonds. The topological polar surface area (TPSA) is 35.5 Å². The van der Waals surface area contributed by atoms with Crippen LogP contribution in [0.1, 0.15) is 23.7 Å². The van der Waals surface area contributed by atoms with Gasteiger partial charge in [0.15, 0.2) is 0 Å². The standard InChI is InChI=1S/C13H14O3/c1-3-4-5-10-16-12-8-6-11(7-9-12)13(14)15-2/h6-9H,5,10H2,1-2H3. The van der Waals surface area contributed by atoms with Crippen molar-refractivity contribution in [2.75, 3.05) is 13.7 Å². The lowest BCUT2D eigenvalue weighted by Gasteiger charge is -2.04. The summed E-state index contributed by atoms with van der Waals surface area (Å²) in [5.41, 5.74) is 0.517. The minimum absolute atomic E-state index is 0.344. The molecular formula is C13H14O3. The predicted molar refractivity (Wildman–Crippen MR) is 61.3 cm³/mol. The predicted octanol–water partition coefficient (Wildman–Crippen LogP) is 2.27. The highest BCUT2D eigenvalue weighted by atomic mass is 16.5. The number of rotatable bonds is 4. The van der Waals surface area contributed by atoms with Gasteiger partial charge in [0.05, 0.1) is 19.3 Å². The Morgan fingerprint density at radius 3 is 2.56 bits per heavy atom. The number of ether oxygens (including phenoxy) is 2. The molecule has 0 aromatic heterocycles. The summed E-state index contributed by atoms with van der Waals surface area (Å²) in [7, 11) is 1.36. The fourth-order valence-corrected chi connectivity index (χ4v) is 1.15. The Kier molecular flexibility index (Phi) is 4.94. The van der Waals surface area contributed by atoms with Crippen molar-refractivity contribution in [2.24, 2.45) is 0 Å². The van der Waals surface area contributed by atoms with Crippen molar-refractivity contribution in [1.82, 2.24) is 0 Å². The molecule has 1 aromatic rings. The molecule has 84 valence electrons. The van der Waals surface area contributed by atoms with E-state index in [1.54, 1.807) is 31.2 Å². The summed E-state index contributed by atoms with van der Waals surface area (Å²) in [5, 5.41) is 0. The molecule has 0 N–H and O–H groups in total. The van der Waals surface area contributed by atoms with Crippen LogP contribution in [0.3, 0.4) is 0 Å². The number of benzene rings is 1. The van der Waals surface area contributed by atoms with Crippen molar-refractivity contribution in [3.63, 3.8) is 0 Å². The van der Waals surface area contributed by atoms with Crippen LogP contribution in [0.25, 0.3) is 0 Å². The lowest BCUT2D eigenvalue weighted by atomic mass is 10.2. The number of carbonyl (C=O) groups excluding carboxylic acids is 1. The van der Waals surface area contributed by atoms with Crippen molar-refractivity contribution in [3.8, 4) is 17.6 Å². The third-order valence-corrected chi connectivity index (χ3v) is 1.95. The first-order chi connectivity index (χ1) is 7.77. The third kappa shape index (κ3) is 3.66. The molecule has 0 unspecified atom stereocenters. The largest absolute Gasteiger partial charge is 0.493 e. The second-order valence-electron chi connectivity index (χ2n) is 3.04. The van der Waals surface area contributed by atoms with Crippen LogP contribution in [-0.2, 0) is 4.74 Å². The molecule has 3 nitrogen and oxygen atoms in total. The smallest absolute Gasteiger partial charge is 0.337 e. The Morgan fingerprint density at radius 2 is 2.00 bits per heavy atom. The number of esters is 1. The van der Waals surface area contributed by atoms with E-state index >= 15 is 0 Å². The van der Waals surface area contributed by atoms with Crippen LogP contribution in [0.15, 0.2) is 24.3 Å². The maximum absolute atomic E-state index is 11.1. The van der Waals surface area contributed by atoms with Crippen LogP contribution in [-0.4, -0.2) is 19.7 Å². The van der Waals surface area contributed by atoms with Gasteiger partial charge in [0.2, 0.25) is 0 Å². The van der Waals surface area contributed by atoms with Crippen LogP contribution in [0.5, 0.6) is 5.75 Å². The Morgan fingerprint density at radius 1 is 1.31 bits per heavy atom. The first kappa shape index (κ1) is 12.1. The summed E-state index contributed by atoms with van der Waals surface area (Å²) in [6, 6.07) is 6.83. The van der Waals surface area contributed by atoms with Gasteiger partial charge in [0, 0.05) is 6.42 Å². The average molecular weight is 218 g/mol. The monoisotopic (exact) mass is 218 g/mol. The third-order valence-electron chi connectivity index (χ3n) is 1.95. The molecule has 0 heterocycles. The Balaban J connectivity index is 2.50. The molecule has 0 bridgehead atoms. The maximum atomic E-state index is 11.1. The number of hydrogen-bond donors (Lipinski definition) is 0. The first-order valence-corrected chi connectivity index (χ1v) is 4.98. The number of hydrogen-bond acceptors (Lipinski definition) is 3. The van der Waals surface area contributed by atoms with E-state index in [1.165, 1.54) is 7.11 Å². The fraction of sp³-hybridized carbons (Fsp3) is 0.308. The zero-order chi connectivity index (χ0) is 11.8. The van der Waals surface area contributed by atoms with Gasteiger partial charge in [-0.05, 0) is 31.2 Å². The molecule has 1 rings (SSSR count). The molecule has 0 spiro atoms. The summed E-state index contributed by atoms with van der Waals surface area (Å²) >= 11 is 0. The van der Waals surface area contributed by atoms with E-state index in [4.69, 9.17) is 4.74 Å². The Labute approximate surface area is 95.4 Å². The maximum Gasteiger partial charge on any atom is 0.337 e. The molecule has 0 atom stereocenters. The van der Waals surface area contributed by atoms with E-state index in [-0.39, 0.29) is 5.97 Å². The van der Waals surface area contributed by atoms with E-state index in [9.17, 15) is 4.79 Å². The fourth-order valence-electron chi connectivity index (χ4n) is 1.15. The van der Waals surface area contributed by atoms with E-state index < -0.39 is 0 Å². The highest BCUT2D eigenvalue weighted by Gasteiger charge is 2.04. The Bertz CT molecular complexity index is 395. The van der Waals surface area contributed by atoms with Gasteiger partial charge in [-0.2, -0.15) is 0 Å². The molecular weight excluding hydrogens is 204 g/mol. The summed E-state index contributed by atoms with van der Waals surface area (Å²) in [6.07, 6.45) is 0.704. The van der Waals surface area contributed by atoms with Crippen molar-refractivity contribution in [3.05, 3.63) is 29.8 Å². The van der Waals surface area contributed by atoms with E-state index in [0.29, 0.717) is 18.6 Å². The molecule has 0 aliphatic carbocycles. The van der Waals surface area contributed by atoms with E-state index in [2.05, 4.69) is 16.6 Å². The quantitative estimate of drug-likeness (QED) is 0.442. The van der Waals surface area contributed by atoms with Gasteiger partial charge >= 0.3 is 5.97 Å². The lowest BCUT2D eigenvalue weighted by Crippen LogP contribution is -2.01. The summed E-state index contributed by atoms with van der Waals surface area (Å²) in [4.78, 5) is 11.1. The average Bonchev–Trinajstić information content (AvgIpc) is 2.34. The molecule has 0 saturated carbocycles. The van der Waals surface area contributed by atoms with E-state index in [1.807, 2.05) is 0 Å². The molecule has 0 aliphatic rings. The first-order valence-electron chi connectivity index (χ1n) is 4.98. The van der Waals surface area contributed by atoms with Crippen LogP contribution in [0.2, 0.25) is 0 Å². The minimum Gasteiger partial charge on any atom is -0.493 e. The van der Waals surface area contributed by atoms with Gasteiger partial charge < -0.3 is 9.47 Å². The van der Waals surface area contributed by atoms with Crippen LogP contribution >= 0.6 is 0 Å². The van der Waals surface area contributed by atoms with Gasteiger partial charge in [0.1, 0.15) is 5.75 Å². The molecule has 0 saturated heterocycles. The summed E-state index contributed by atoms with van der Waals surface area (Å²) < 4.78 is 10.0. The van der Waals surface area contributed by atoms with Crippen molar-refractivity contribution in [2.45, 2.75) is 13.3 Å². The van der Waals surface area contributed by atoms with Crippen LogP contribution in [0.4, 0.5) is 0 Å². The van der Waals surface area contributed by atoms with E-state index in [0.717, 1.165) is 5.75 Å². The molecule has 1 aromatic carbocycles. The molecule has 0 radical (unpaired) electrons. The molecule has 0 aliphatic heterocycles. The molecule has 3 heteroatoms. The normalized spacial score (nSPS) is 8.88. The number of carbonyl (C=O) groups is 1. The highest BCUT2D eigenvalue weighted by molar-refractivity contribution is 5.89. The lowest BCUT2D eigenvalue weighted by molar-refractivity contribution is 0.0600. The van der Waals surface area contributed by atoms with Gasteiger partial charge in [-0.1, -0.05) is 0 Å². The van der Waals surface area contributed by atoms with Crippen molar-refractivity contribution < 1.29 is 14.3 Å². The van der Waals surface area contributed by atoms with Gasteiger partial charge in [0.25, 0.3) is 0 Å². The van der Waals surface area contributed by atoms with Gasteiger partial charge in [-0.3, -0.25) is 0 Å². The minimum atomic E-state index is -0.344. The van der Waals surface area contributed by atoms with Crippen LogP contribution in [0, 0.1) is 11.8 Å². The zero-order valence-corrected chi connectivity index (χ0v) is 9.45. The van der Waals surface area contributed by atoms with Gasteiger partial charge in [-0.25, -0.2) is 4.79 Å². The highest BCUT2D eigenvalue weighted by Crippen LogP contribution is 2.12. The second-order valence-corrected chi connectivity index (χ2v) is 3.04. The van der Waals surface area contributed by atoms with Crippen LogP contribution < -0.4 is 4.74 Å².